The van der Waals surface area contributed by atoms with Crippen LogP contribution in [-0.4, -0.2) is 30.3 Å². The lowest BCUT2D eigenvalue weighted by atomic mass is 10.0. The van der Waals surface area contributed by atoms with Gasteiger partial charge in [-0.15, -0.1) is 0 Å². The quantitative estimate of drug-likeness (QED) is 0.704. The van der Waals surface area contributed by atoms with Crippen molar-refractivity contribution in [3.05, 3.63) is 0 Å². The Kier molecular flexibility index (Phi) is 6.17. The Morgan fingerprint density at radius 3 is 2.13 bits per heavy atom. The molecule has 0 rings (SSSR count). The lowest BCUT2D eigenvalue weighted by molar-refractivity contribution is -0.128. The highest BCUT2D eigenvalue weighted by Crippen LogP contribution is 2.02. The van der Waals surface area contributed by atoms with Gasteiger partial charge in [0.2, 0.25) is 5.91 Å². The third-order valence-corrected chi connectivity index (χ3v) is 2.34. The fourth-order valence-corrected chi connectivity index (χ4v) is 1.26. The summed E-state index contributed by atoms with van der Waals surface area (Å²) in [5, 5.41) is 5.80. The lowest BCUT2D eigenvalue weighted by Crippen LogP contribution is -2.51. The van der Waals surface area contributed by atoms with Crippen LogP contribution in [-0.2, 0) is 9.59 Å². The predicted octanol–water partition coefficient (Wildman–Crippen LogP) is 1.21. The second kappa shape index (κ2) is 6.56. The van der Waals surface area contributed by atoms with Crippen molar-refractivity contribution in [3.63, 3.8) is 0 Å². The highest BCUT2D eigenvalue weighted by Gasteiger charge is 2.22. The topological polar surface area (TPSA) is 58.2 Å². The van der Waals surface area contributed by atoms with Crippen LogP contribution in [0.3, 0.4) is 0 Å². The predicted molar refractivity (Wildman–Crippen MR) is 64.8 cm³/mol. The summed E-state index contributed by atoms with van der Waals surface area (Å²) in [5.74, 6) is 0.0843. The van der Waals surface area contributed by atoms with Crippen molar-refractivity contribution in [1.82, 2.24) is 10.6 Å². The first-order valence-electron chi connectivity index (χ1n) is 5.44. The summed E-state index contributed by atoms with van der Waals surface area (Å²) in [7, 11) is 0. The van der Waals surface area contributed by atoms with Crippen molar-refractivity contribution >= 4 is 11.7 Å². The van der Waals surface area contributed by atoms with E-state index in [0.29, 0.717) is 0 Å². The van der Waals surface area contributed by atoms with E-state index in [4.69, 9.17) is 0 Å². The summed E-state index contributed by atoms with van der Waals surface area (Å²) in [6.07, 6.45) is 0. The van der Waals surface area contributed by atoms with E-state index >= 15 is 0 Å². The normalized spacial score (nSPS) is 14.8. The van der Waals surface area contributed by atoms with Crippen molar-refractivity contribution < 1.29 is 12.4 Å². The van der Waals surface area contributed by atoms with E-state index in [1.54, 1.807) is 6.92 Å². The number of amides is 1. The number of hydrogen-bond donors (Lipinski definition) is 2. The molecule has 92 valence electrons. The molecule has 15 heavy (non-hydrogen) atoms. The van der Waals surface area contributed by atoms with E-state index in [9.17, 15) is 9.59 Å². The standard InChI is InChI=1S/C11H22N2O2.2H2/c1-6-12-10(7(2)3)11(15)13-8(4)9(5)14;;/h7-8,10,12H,6H2,1-5H3,(H,13,15);2*1H/t8-,10-;;/m0../s1. The van der Waals surface area contributed by atoms with E-state index in [2.05, 4.69) is 10.6 Å². The third-order valence-electron chi connectivity index (χ3n) is 2.34. The molecule has 0 aromatic heterocycles. The maximum absolute atomic E-state index is 11.8. The van der Waals surface area contributed by atoms with Gasteiger partial charge in [-0.3, -0.25) is 9.59 Å². The van der Waals surface area contributed by atoms with Gasteiger partial charge < -0.3 is 10.6 Å². The smallest absolute Gasteiger partial charge is 0.237 e. The van der Waals surface area contributed by atoms with Gasteiger partial charge in [0.05, 0.1) is 12.1 Å². The molecule has 2 atom stereocenters. The van der Waals surface area contributed by atoms with Crippen molar-refractivity contribution in [2.24, 2.45) is 5.92 Å². The number of Topliss-reactive ketones (excluding diaryl/α,β-unsaturated/α-hetero) is 1. The largest absolute Gasteiger partial charge is 0.345 e. The second-order valence-electron chi connectivity index (χ2n) is 4.12. The van der Waals surface area contributed by atoms with E-state index in [0.717, 1.165) is 6.54 Å². The number of ketones is 1. The van der Waals surface area contributed by atoms with Crippen LogP contribution < -0.4 is 10.6 Å². The average molecular weight is 218 g/mol. The summed E-state index contributed by atoms with van der Waals surface area (Å²) in [5.41, 5.74) is 0. The van der Waals surface area contributed by atoms with Crippen LogP contribution in [0.4, 0.5) is 0 Å². The van der Waals surface area contributed by atoms with E-state index in [1.807, 2.05) is 20.8 Å². The van der Waals surface area contributed by atoms with Gasteiger partial charge in [0, 0.05) is 2.85 Å². The number of carbonyl (C=O) groups excluding carboxylic acids is 2. The Morgan fingerprint density at radius 2 is 1.80 bits per heavy atom. The van der Waals surface area contributed by atoms with Gasteiger partial charge in [-0.25, -0.2) is 0 Å². The number of rotatable bonds is 6. The molecule has 4 nitrogen and oxygen atoms in total. The van der Waals surface area contributed by atoms with Crippen LogP contribution in [0.15, 0.2) is 0 Å². The van der Waals surface area contributed by atoms with Gasteiger partial charge in [0.1, 0.15) is 0 Å². The van der Waals surface area contributed by atoms with Gasteiger partial charge in [0.25, 0.3) is 0 Å². The van der Waals surface area contributed by atoms with E-state index in [1.165, 1.54) is 6.92 Å². The highest BCUT2D eigenvalue weighted by atomic mass is 16.2. The fourth-order valence-electron chi connectivity index (χ4n) is 1.26. The molecule has 1 amide bonds. The summed E-state index contributed by atoms with van der Waals surface area (Å²) in [4.78, 5) is 22.8. The molecule has 0 saturated heterocycles. The molecule has 0 aromatic carbocycles. The van der Waals surface area contributed by atoms with Crippen LogP contribution in [0.5, 0.6) is 0 Å². The summed E-state index contributed by atoms with van der Waals surface area (Å²) < 4.78 is 0. The van der Waals surface area contributed by atoms with Crippen LogP contribution in [0, 0.1) is 5.92 Å². The maximum atomic E-state index is 11.8. The maximum Gasteiger partial charge on any atom is 0.237 e. The highest BCUT2D eigenvalue weighted by molar-refractivity contribution is 5.89. The lowest BCUT2D eigenvalue weighted by Gasteiger charge is -2.22. The van der Waals surface area contributed by atoms with E-state index < -0.39 is 6.04 Å². The molecule has 0 unspecified atom stereocenters. The Hall–Kier alpha value is -0.900. The first-order chi connectivity index (χ1) is 6.90. The number of hydrogen-bond acceptors (Lipinski definition) is 3. The Morgan fingerprint density at radius 1 is 1.27 bits per heavy atom. The van der Waals surface area contributed by atoms with Gasteiger partial charge in [-0.2, -0.15) is 0 Å². The van der Waals surface area contributed by atoms with Crippen molar-refractivity contribution in [3.8, 4) is 0 Å². The average Bonchev–Trinajstić information content (AvgIpc) is 2.12. The van der Waals surface area contributed by atoms with Gasteiger partial charge >= 0.3 is 0 Å². The fraction of sp³-hybridized carbons (Fsp3) is 0.818. The van der Waals surface area contributed by atoms with Crippen LogP contribution >= 0.6 is 0 Å². The minimum atomic E-state index is -0.405. The SMILES string of the molecule is CCN[C@H](C(=O)N[C@@H](C)C(C)=O)C(C)C.[HH].[HH]. The molecule has 0 aliphatic carbocycles. The van der Waals surface area contributed by atoms with Crippen molar-refractivity contribution in [2.45, 2.75) is 46.7 Å². The Balaban J connectivity index is -0.000000980. The molecule has 0 aliphatic heterocycles. The zero-order chi connectivity index (χ0) is 12.0. The number of nitrogens with one attached hydrogen (secondary N) is 2. The zero-order valence-corrected chi connectivity index (χ0v) is 10.3. The number of likely N-dealkylation sites (N-methyl/N-ethyl adjacent to an activating group) is 1. The summed E-state index contributed by atoms with van der Waals surface area (Å²) in [6, 6.07) is -0.630. The summed E-state index contributed by atoms with van der Waals surface area (Å²) >= 11 is 0. The second-order valence-corrected chi connectivity index (χ2v) is 4.12. The first-order valence-corrected chi connectivity index (χ1v) is 5.44. The Bertz CT molecular complexity index is 236. The molecule has 0 aromatic rings. The third kappa shape index (κ3) is 4.93. The molecule has 0 bridgehead atoms. The van der Waals surface area contributed by atoms with Crippen LogP contribution in [0.25, 0.3) is 0 Å². The zero-order valence-electron chi connectivity index (χ0n) is 10.3. The van der Waals surface area contributed by atoms with Crippen molar-refractivity contribution in [2.75, 3.05) is 6.54 Å². The molecule has 4 heteroatoms. The van der Waals surface area contributed by atoms with E-state index in [-0.39, 0.29) is 26.5 Å². The molecule has 0 spiro atoms. The van der Waals surface area contributed by atoms with Gasteiger partial charge in [-0.05, 0) is 26.3 Å². The molecule has 0 heterocycles. The van der Waals surface area contributed by atoms with Gasteiger partial charge in [-0.1, -0.05) is 20.8 Å². The van der Waals surface area contributed by atoms with Crippen LogP contribution in [0.2, 0.25) is 0 Å². The molecule has 0 fully saturated rings. The van der Waals surface area contributed by atoms with Crippen molar-refractivity contribution in [1.29, 1.82) is 0 Å². The molecular formula is C11H26N2O2. The first kappa shape index (κ1) is 14.1. The molecule has 0 saturated carbocycles. The monoisotopic (exact) mass is 218 g/mol. The molecular weight excluding hydrogens is 192 g/mol. The minimum Gasteiger partial charge on any atom is -0.345 e. The molecule has 0 radical (unpaired) electrons. The minimum absolute atomic E-state index is 0. The van der Waals surface area contributed by atoms with Crippen LogP contribution in [0.1, 0.15) is 37.5 Å². The van der Waals surface area contributed by atoms with Gasteiger partial charge in [0.15, 0.2) is 5.78 Å². The Labute approximate surface area is 94.8 Å². The molecule has 0 aliphatic rings. The number of carbonyl (C=O) groups is 2. The molecule has 2 N–H and O–H groups in total. The summed E-state index contributed by atoms with van der Waals surface area (Å²) in [6.45, 7) is 9.82.